The Morgan fingerprint density at radius 3 is 1.34 bits per heavy atom. The fourth-order valence-corrected chi connectivity index (χ4v) is 6.70. The summed E-state index contributed by atoms with van der Waals surface area (Å²) < 4.78 is 0. The number of imide groups is 2. The zero-order chi connectivity index (χ0) is 38.5. The van der Waals surface area contributed by atoms with E-state index in [1.807, 2.05) is 69.3 Å². The van der Waals surface area contributed by atoms with Crippen LogP contribution in [0.1, 0.15) is 65.5 Å². The van der Waals surface area contributed by atoms with Gasteiger partial charge >= 0.3 is 0 Å². The standard InChI is InChI=1S/C23H25NO3.C23H25NO2/c1-23(2,3)22(27)24-20(14-19(15-25)21(24)26)13-16-9-11-18(12-10-16)17-7-5-4-6-8-17;1-16-14-20(24(21(16)25)22(26)23(2,3)4)15-17-10-12-19(13-11-17)18-8-6-5-7-9-18/h4-12,15,20,25H,13-14H2,1-3H3;5-13,20H,1,14-15H2,2-4H3/t2*20-/m10/s1. The Hall–Kier alpha value is -5.56. The first-order valence-corrected chi connectivity index (χ1v) is 18.1. The SMILES string of the molecule is C=C1C[C@@H](Cc2ccc(-c3ccccc3)cc2)N(C(=O)C(C)(C)C)C1=O.CC(C)(C)C(=O)N1C(=O)C(=CO)C[C@H]1Cc1ccc(-c2ccccc2)cc1. The van der Waals surface area contributed by atoms with Crippen LogP contribution in [-0.2, 0) is 32.0 Å². The molecule has 2 saturated heterocycles. The first-order valence-electron chi connectivity index (χ1n) is 18.1. The zero-order valence-electron chi connectivity index (χ0n) is 31.6. The Balaban J connectivity index is 0.000000204. The molecule has 0 unspecified atom stereocenters. The molecule has 6 rings (SSSR count). The lowest BCUT2D eigenvalue weighted by Crippen LogP contribution is -2.45. The van der Waals surface area contributed by atoms with E-state index in [4.69, 9.17) is 0 Å². The minimum absolute atomic E-state index is 0.132. The van der Waals surface area contributed by atoms with E-state index in [2.05, 4.69) is 67.2 Å². The molecule has 274 valence electrons. The molecule has 2 aliphatic rings. The van der Waals surface area contributed by atoms with Gasteiger partial charge in [-0.05, 0) is 52.6 Å². The van der Waals surface area contributed by atoms with Gasteiger partial charge in [0.2, 0.25) is 11.8 Å². The Morgan fingerprint density at radius 2 is 0.962 bits per heavy atom. The maximum atomic E-state index is 12.8. The van der Waals surface area contributed by atoms with E-state index in [1.165, 1.54) is 15.4 Å². The fraction of sp³-hybridized carbons (Fsp3) is 0.304. The van der Waals surface area contributed by atoms with Crippen LogP contribution in [0.5, 0.6) is 0 Å². The molecular formula is C46H50N2O5. The third-order valence-electron chi connectivity index (χ3n) is 9.62. The molecule has 0 aliphatic carbocycles. The van der Waals surface area contributed by atoms with Gasteiger partial charge in [-0.3, -0.25) is 29.0 Å². The van der Waals surface area contributed by atoms with E-state index in [1.54, 1.807) is 20.8 Å². The van der Waals surface area contributed by atoms with Gasteiger partial charge in [0, 0.05) is 34.9 Å². The highest BCUT2D eigenvalue weighted by molar-refractivity contribution is 6.08. The number of amides is 4. The van der Waals surface area contributed by atoms with Crippen LogP contribution in [-0.4, -0.2) is 50.6 Å². The quantitative estimate of drug-likeness (QED) is 0.159. The second kappa shape index (κ2) is 16.0. The van der Waals surface area contributed by atoms with Crippen molar-refractivity contribution in [2.24, 2.45) is 10.8 Å². The summed E-state index contributed by atoms with van der Waals surface area (Å²) in [7, 11) is 0. The molecule has 7 heteroatoms. The minimum Gasteiger partial charge on any atom is -0.515 e. The van der Waals surface area contributed by atoms with Gasteiger partial charge in [-0.1, -0.05) is 157 Å². The average Bonchev–Trinajstić information content (AvgIpc) is 3.60. The lowest BCUT2D eigenvalue weighted by Gasteiger charge is -2.29. The molecule has 4 aromatic rings. The number of hydrogen-bond donors (Lipinski definition) is 1. The van der Waals surface area contributed by atoms with Gasteiger partial charge in [-0.25, -0.2) is 0 Å². The fourth-order valence-electron chi connectivity index (χ4n) is 6.70. The molecule has 53 heavy (non-hydrogen) atoms. The highest BCUT2D eigenvalue weighted by atomic mass is 16.2. The maximum absolute atomic E-state index is 12.8. The Kier molecular flexibility index (Phi) is 11.7. The number of hydrogen-bond acceptors (Lipinski definition) is 5. The summed E-state index contributed by atoms with van der Waals surface area (Å²) in [6, 6.07) is 36.4. The molecule has 2 aliphatic heterocycles. The molecule has 0 saturated carbocycles. The van der Waals surface area contributed by atoms with Gasteiger partial charge in [0.25, 0.3) is 11.8 Å². The van der Waals surface area contributed by atoms with Crippen LogP contribution in [0.4, 0.5) is 0 Å². The second-order valence-corrected chi connectivity index (χ2v) is 16.0. The molecule has 7 nitrogen and oxygen atoms in total. The van der Waals surface area contributed by atoms with Crippen molar-refractivity contribution in [1.29, 1.82) is 0 Å². The highest BCUT2D eigenvalue weighted by Crippen LogP contribution is 2.33. The molecule has 0 bridgehead atoms. The number of benzene rings is 4. The van der Waals surface area contributed by atoms with Crippen LogP contribution in [0, 0.1) is 10.8 Å². The van der Waals surface area contributed by atoms with E-state index < -0.39 is 10.8 Å². The van der Waals surface area contributed by atoms with Crippen LogP contribution >= 0.6 is 0 Å². The molecule has 0 aromatic heterocycles. The number of aliphatic hydroxyl groups excluding tert-OH is 1. The van der Waals surface area contributed by atoms with Crippen molar-refractivity contribution < 1.29 is 24.3 Å². The Bertz CT molecular complexity index is 1980. The summed E-state index contributed by atoms with van der Waals surface area (Å²) in [5.41, 5.74) is 6.34. The van der Waals surface area contributed by atoms with Gasteiger partial charge in [-0.2, -0.15) is 0 Å². The van der Waals surface area contributed by atoms with Crippen LogP contribution in [0.3, 0.4) is 0 Å². The molecule has 4 amide bonds. The van der Waals surface area contributed by atoms with Gasteiger partial charge in [0.1, 0.15) is 0 Å². The van der Waals surface area contributed by atoms with Gasteiger partial charge in [0.05, 0.1) is 11.8 Å². The smallest absolute Gasteiger partial charge is 0.259 e. The number of aliphatic hydroxyl groups is 1. The van der Waals surface area contributed by atoms with Gasteiger partial charge in [-0.15, -0.1) is 0 Å². The molecule has 4 aromatic carbocycles. The summed E-state index contributed by atoms with van der Waals surface area (Å²) in [6.45, 7) is 14.8. The largest absolute Gasteiger partial charge is 0.515 e. The van der Waals surface area contributed by atoms with E-state index >= 15 is 0 Å². The minimum atomic E-state index is -0.657. The third-order valence-corrected chi connectivity index (χ3v) is 9.62. The van der Waals surface area contributed by atoms with Crippen LogP contribution in [0.15, 0.2) is 133 Å². The molecule has 2 atom stereocenters. The summed E-state index contributed by atoms with van der Waals surface area (Å²) in [4.78, 5) is 53.2. The molecule has 1 N–H and O–H groups in total. The highest BCUT2D eigenvalue weighted by Gasteiger charge is 2.44. The van der Waals surface area contributed by atoms with E-state index in [-0.39, 0.29) is 35.7 Å². The normalized spacial score (nSPS) is 18.3. The third kappa shape index (κ3) is 9.09. The molecule has 0 spiro atoms. The Labute approximate surface area is 313 Å². The second-order valence-electron chi connectivity index (χ2n) is 16.0. The van der Waals surface area contributed by atoms with Crippen molar-refractivity contribution in [2.75, 3.05) is 0 Å². The van der Waals surface area contributed by atoms with Crippen LogP contribution in [0.2, 0.25) is 0 Å². The summed E-state index contributed by atoms with van der Waals surface area (Å²) in [5.74, 6) is -0.957. The number of carbonyl (C=O) groups excluding carboxylic acids is 4. The van der Waals surface area contributed by atoms with E-state index in [9.17, 15) is 24.3 Å². The molecule has 0 radical (unpaired) electrons. The van der Waals surface area contributed by atoms with E-state index in [0.717, 1.165) is 34.1 Å². The monoisotopic (exact) mass is 710 g/mol. The molecule has 2 heterocycles. The average molecular weight is 711 g/mol. The van der Waals surface area contributed by atoms with Crippen LogP contribution in [0.25, 0.3) is 22.3 Å². The summed E-state index contributed by atoms with van der Waals surface area (Å²) >= 11 is 0. The van der Waals surface area contributed by atoms with Crippen molar-refractivity contribution in [1.82, 2.24) is 9.80 Å². The molecule has 2 fully saturated rings. The summed E-state index contributed by atoms with van der Waals surface area (Å²) in [5, 5.41) is 9.36. The maximum Gasteiger partial charge on any atom is 0.259 e. The van der Waals surface area contributed by atoms with Crippen molar-refractivity contribution in [3.05, 3.63) is 144 Å². The molecular weight excluding hydrogens is 661 g/mol. The lowest BCUT2D eigenvalue weighted by atomic mass is 9.93. The van der Waals surface area contributed by atoms with Crippen molar-refractivity contribution in [3.63, 3.8) is 0 Å². The van der Waals surface area contributed by atoms with Crippen molar-refractivity contribution >= 4 is 23.6 Å². The lowest BCUT2D eigenvalue weighted by molar-refractivity contribution is -0.150. The van der Waals surface area contributed by atoms with Crippen molar-refractivity contribution in [2.45, 2.75) is 79.3 Å². The van der Waals surface area contributed by atoms with Crippen LogP contribution < -0.4 is 0 Å². The van der Waals surface area contributed by atoms with Gasteiger partial charge in [0.15, 0.2) is 0 Å². The zero-order valence-corrected chi connectivity index (χ0v) is 31.6. The number of likely N-dealkylation sites (tertiary alicyclic amines) is 2. The van der Waals surface area contributed by atoms with E-state index in [0.29, 0.717) is 36.8 Å². The number of rotatable bonds is 6. The number of carbonyl (C=O) groups is 4. The predicted molar refractivity (Wildman–Crippen MR) is 210 cm³/mol. The topological polar surface area (TPSA) is 95.0 Å². The Morgan fingerprint density at radius 1 is 0.604 bits per heavy atom. The van der Waals surface area contributed by atoms with Gasteiger partial charge < -0.3 is 5.11 Å². The first-order chi connectivity index (χ1) is 25.1. The predicted octanol–water partition coefficient (Wildman–Crippen LogP) is 9.14. The summed E-state index contributed by atoms with van der Waals surface area (Å²) in [6.07, 6.45) is 2.98. The first kappa shape index (κ1) is 38.7. The van der Waals surface area contributed by atoms with Crippen molar-refractivity contribution in [3.8, 4) is 22.3 Å². The number of nitrogens with zero attached hydrogens (tertiary/aromatic N) is 2.